The molecule has 1 aromatic carbocycles. The van der Waals surface area contributed by atoms with Crippen molar-refractivity contribution in [3.8, 4) is 5.75 Å². The van der Waals surface area contributed by atoms with Crippen LogP contribution in [0.3, 0.4) is 0 Å². The van der Waals surface area contributed by atoms with Crippen LogP contribution in [0.4, 0.5) is 0 Å². The number of amidine groups is 1. The molecular weight excluding hydrogens is 398 g/mol. The van der Waals surface area contributed by atoms with E-state index in [1.165, 1.54) is 7.11 Å². The zero-order valence-electron chi connectivity index (χ0n) is 20.4. The molecule has 0 heterocycles. The van der Waals surface area contributed by atoms with Crippen molar-refractivity contribution >= 4 is 17.7 Å². The minimum absolute atomic E-state index is 0.0439. The van der Waals surface area contributed by atoms with Gasteiger partial charge in [-0.15, -0.1) is 0 Å². The Labute approximate surface area is 186 Å². The fourth-order valence-electron chi connectivity index (χ4n) is 2.53. The van der Waals surface area contributed by atoms with Gasteiger partial charge in [0.15, 0.2) is 0 Å². The van der Waals surface area contributed by atoms with E-state index in [0.717, 1.165) is 5.56 Å². The van der Waals surface area contributed by atoms with Gasteiger partial charge < -0.3 is 25.4 Å². The normalized spacial score (nSPS) is 12.4. The summed E-state index contributed by atoms with van der Waals surface area (Å²) < 4.78 is 10.8. The highest BCUT2D eigenvalue weighted by molar-refractivity contribution is 5.86. The molecule has 0 bridgehead atoms. The monoisotopic (exact) mass is 437 g/mol. The van der Waals surface area contributed by atoms with E-state index in [4.69, 9.17) is 20.0 Å². The first kappa shape index (κ1) is 28.2. The van der Waals surface area contributed by atoms with Crippen molar-refractivity contribution in [3.05, 3.63) is 29.3 Å². The molecular formula is C23H39N3O5. The fraction of sp³-hybridized carbons (Fsp3) is 0.609. The Kier molecular flexibility index (Phi) is 12.3. The van der Waals surface area contributed by atoms with Crippen molar-refractivity contribution < 1.29 is 23.9 Å². The first-order valence-corrected chi connectivity index (χ1v) is 10.5. The zero-order valence-corrected chi connectivity index (χ0v) is 20.4. The van der Waals surface area contributed by atoms with E-state index < -0.39 is 17.6 Å². The summed E-state index contributed by atoms with van der Waals surface area (Å²) in [6, 6.07) is 4.64. The Balaban J connectivity index is 0.00000436. The molecule has 1 amide bonds. The van der Waals surface area contributed by atoms with Crippen molar-refractivity contribution in [1.29, 1.82) is 0 Å². The average molecular weight is 438 g/mol. The van der Waals surface area contributed by atoms with Crippen molar-refractivity contribution in [2.24, 2.45) is 16.8 Å². The number of nitrogens with two attached hydrogens (primary N) is 1. The van der Waals surface area contributed by atoms with E-state index in [1.807, 2.05) is 33.8 Å². The molecule has 1 atom stereocenters. The minimum atomic E-state index is -0.735. The van der Waals surface area contributed by atoms with Crippen LogP contribution in [-0.4, -0.2) is 36.5 Å². The molecule has 0 aliphatic carbocycles. The number of nitrogens with zero attached hydrogens (tertiary/aromatic N) is 1. The predicted molar refractivity (Wildman–Crippen MR) is 123 cm³/mol. The number of esters is 1. The lowest BCUT2D eigenvalue weighted by molar-refractivity contribution is -0.159. The molecule has 0 saturated heterocycles. The molecule has 1 rings (SSSR count). The van der Waals surface area contributed by atoms with E-state index in [1.54, 1.807) is 39.8 Å². The molecule has 0 aliphatic heterocycles. The average Bonchev–Trinajstić information content (AvgIpc) is 2.66. The molecule has 0 radical (unpaired) electrons. The fourth-order valence-corrected chi connectivity index (χ4v) is 2.53. The Bertz CT molecular complexity index is 735. The number of carbonyl (C=O) groups excluding carboxylic acids is 2. The summed E-state index contributed by atoms with van der Waals surface area (Å²) in [6.45, 7) is 14.9. The van der Waals surface area contributed by atoms with E-state index in [9.17, 15) is 9.59 Å². The number of rotatable bonds is 9. The summed E-state index contributed by atoms with van der Waals surface area (Å²) in [5, 5.41) is 6.47. The number of hydrogen-bond acceptors (Lipinski definition) is 6. The summed E-state index contributed by atoms with van der Waals surface area (Å²) in [6.07, 6.45) is 0.0439. The van der Waals surface area contributed by atoms with Gasteiger partial charge in [-0.2, -0.15) is 0 Å². The zero-order chi connectivity index (χ0) is 24.2. The Morgan fingerprint density at radius 1 is 1.19 bits per heavy atom. The predicted octanol–water partition coefficient (Wildman–Crippen LogP) is 3.56. The van der Waals surface area contributed by atoms with Crippen LogP contribution >= 0.6 is 0 Å². The third-order valence-corrected chi connectivity index (χ3v) is 3.78. The van der Waals surface area contributed by atoms with Gasteiger partial charge in [-0.1, -0.05) is 38.9 Å². The van der Waals surface area contributed by atoms with E-state index in [0.29, 0.717) is 17.1 Å². The van der Waals surface area contributed by atoms with Gasteiger partial charge in [-0.3, -0.25) is 4.79 Å². The molecule has 3 N–H and O–H groups in total. The molecule has 0 aromatic heterocycles. The minimum Gasteiger partial charge on any atom is -0.496 e. The van der Waals surface area contributed by atoms with Crippen molar-refractivity contribution in [2.75, 3.05) is 7.11 Å². The van der Waals surface area contributed by atoms with Crippen molar-refractivity contribution in [1.82, 2.24) is 5.32 Å². The topological polar surface area (TPSA) is 112 Å². The molecule has 1 unspecified atom stereocenters. The quantitative estimate of drug-likeness (QED) is 0.264. The number of ether oxygens (including phenoxy) is 2. The summed E-state index contributed by atoms with van der Waals surface area (Å²) >= 11 is 0. The molecule has 0 saturated carbocycles. The van der Waals surface area contributed by atoms with Crippen LogP contribution in [0, 0.1) is 5.92 Å². The Morgan fingerprint density at radius 3 is 2.29 bits per heavy atom. The number of methoxy groups -OCH3 is 1. The standard InChI is InChI=1S/C21H33N3O5.C2H6/c1-13(2)19(20(26)29-21(4,5)6)23-18(25)11-16-10-15(8-9-17(16)27-7)12-28-24-14(3)22;1-2/h8-10,13,19H,11-12H2,1-7H3,(H2,22,24)(H,23,25);1-2H3. The van der Waals surface area contributed by atoms with Gasteiger partial charge in [-0.25, -0.2) is 4.79 Å². The highest BCUT2D eigenvalue weighted by atomic mass is 16.6. The van der Waals surface area contributed by atoms with Crippen LogP contribution in [0.1, 0.15) is 66.5 Å². The molecule has 0 fully saturated rings. The second kappa shape index (κ2) is 13.5. The van der Waals surface area contributed by atoms with Gasteiger partial charge in [0, 0.05) is 5.56 Å². The molecule has 0 spiro atoms. The third kappa shape index (κ3) is 11.3. The Morgan fingerprint density at radius 2 is 1.81 bits per heavy atom. The lowest BCUT2D eigenvalue weighted by Crippen LogP contribution is -2.47. The summed E-state index contributed by atoms with van der Waals surface area (Å²) in [5.74, 6) is 0.0141. The van der Waals surface area contributed by atoms with Crippen LogP contribution in [0.15, 0.2) is 23.4 Å². The van der Waals surface area contributed by atoms with Gasteiger partial charge in [-0.05, 0) is 51.3 Å². The second-order valence-corrected chi connectivity index (χ2v) is 8.15. The number of oxime groups is 1. The number of amides is 1. The largest absolute Gasteiger partial charge is 0.496 e. The van der Waals surface area contributed by atoms with E-state index in [2.05, 4.69) is 10.5 Å². The molecule has 0 aliphatic rings. The smallest absolute Gasteiger partial charge is 0.329 e. The maximum Gasteiger partial charge on any atom is 0.329 e. The lowest BCUT2D eigenvalue weighted by Gasteiger charge is -2.26. The first-order valence-electron chi connectivity index (χ1n) is 10.5. The summed E-state index contributed by atoms with van der Waals surface area (Å²) in [5.41, 5.74) is 6.30. The van der Waals surface area contributed by atoms with Crippen LogP contribution in [0.2, 0.25) is 0 Å². The van der Waals surface area contributed by atoms with E-state index >= 15 is 0 Å². The van der Waals surface area contributed by atoms with Crippen LogP contribution in [0.5, 0.6) is 5.75 Å². The van der Waals surface area contributed by atoms with Gasteiger partial charge in [0.25, 0.3) is 0 Å². The van der Waals surface area contributed by atoms with Crippen molar-refractivity contribution in [3.63, 3.8) is 0 Å². The number of nitrogens with one attached hydrogen (secondary N) is 1. The maximum atomic E-state index is 12.6. The number of carbonyl (C=O) groups is 2. The van der Waals surface area contributed by atoms with Gasteiger partial charge in [0.05, 0.1) is 13.5 Å². The van der Waals surface area contributed by atoms with Gasteiger partial charge in [0.2, 0.25) is 5.91 Å². The SMILES string of the molecule is CC.COc1ccc(CO/N=C(/C)N)cc1CC(=O)NC(C(=O)OC(C)(C)C)C(C)C. The van der Waals surface area contributed by atoms with Gasteiger partial charge in [0.1, 0.15) is 29.8 Å². The highest BCUT2D eigenvalue weighted by Gasteiger charge is 2.29. The molecule has 1 aromatic rings. The molecule has 31 heavy (non-hydrogen) atoms. The number of benzene rings is 1. The third-order valence-electron chi connectivity index (χ3n) is 3.78. The second-order valence-electron chi connectivity index (χ2n) is 8.15. The molecule has 8 nitrogen and oxygen atoms in total. The van der Waals surface area contributed by atoms with Gasteiger partial charge >= 0.3 is 5.97 Å². The van der Waals surface area contributed by atoms with Crippen LogP contribution < -0.4 is 15.8 Å². The maximum absolute atomic E-state index is 12.6. The number of hydrogen-bond donors (Lipinski definition) is 2. The van der Waals surface area contributed by atoms with Crippen LogP contribution in [0.25, 0.3) is 0 Å². The van der Waals surface area contributed by atoms with E-state index in [-0.39, 0.29) is 24.9 Å². The first-order chi connectivity index (χ1) is 14.4. The molecule has 8 heteroatoms. The summed E-state index contributed by atoms with van der Waals surface area (Å²) in [4.78, 5) is 30.2. The highest BCUT2D eigenvalue weighted by Crippen LogP contribution is 2.21. The van der Waals surface area contributed by atoms with Crippen molar-refractivity contribution in [2.45, 2.75) is 80.1 Å². The van der Waals surface area contributed by atoms with Crippen LogP contribution in [-0.2, 0) is 32.2 Å². The summed E-state index contributed by atoms with van der Waals surface area (Å²) in [7, 11) is 1.53. The lowest BCUT2D eigenvalue weighted by atomic mass is 10.0. The molecule has 176 valence electrons. The Hall–Kier alpha value is -2.77.